The van der Waals surface area contributed by atoms with Crippen LogP contribution in [0, 0.1) is 10.1 Å². The van der Waals surface area contributed by atoms with Crippen molar-refractivity contribution in [3.05, 3.63) is 33.9 Å². The smallest absolute Gasteiger partial charge is 0.274 e. The maximum absolute atomic E-state index is 10.6. The predicted molar refractivity (Wildman–Crippen MR) is 52.3 cm³/mol. The van der Waals surface area contributed by atoms with Crippen molar-refractivity contribution in [2.75, 3.05) is 7.11 Å². The molecule has 0 amide bonds. The molecule has 0 radical (unpaired) electrons. The number of nitrogens with two attached hydrogens (primary N) is 1. The van der Waals surface area contributed by atoms with Gasteiger partial charge in [0.05, 0.1) is 12.0 Å². The van der Waals surface area contributed by atoms with E-state index in [0.29, 0.717) is 11.3 Å². The Morgan fingerprint density at radius 1 is 1.57 bits per heavy atom. The van der Waals surface area contributed by atoms with E-state index in [1.54, 1.807) is 19.1 Å². The molecule has 0 saturated carbocycles. The largest absolute Gasteiger partial charge is 0.497 e. The summed E-state index contributed by atoms with van der Waals surface area (Å²) in [6.45, 7) is 1.70. The Morgan fingerprint density at radius 2 is 2.21 bits per heavy atom. The molecule has 0 fully saturated rings. The standard InChI is InChI=1S/C9H12N2O3/c1-6(10)8-5-7(14-2)3-4-9(8)11(12)13/h3-6H,10H2,1-2H3/t6-/m1/s1. The van der Waals surface area contributed by atoms with Gasteiger partial charge in [0.2, 0.25) is 0 Å². The molecule has 0 bridgehead atoms. The van der Waals surface area contributed by atoms with Gasteiger partial charge in [-0.1, -0.05) is 0 Å². The van der Waals surface area contributed by atoms with Crippen molar-refractivity contribution in [1.82, 2.24) is 0 Å². The van der Waals surface area contributed by atoms with Crippen LogP contribution in [0.2, 0.25) is 0 Å². The Kier molecular flexibility index (Phi) is 3.03. The molecule has 1 atom stereocenters. The van der Waals surface area contributed by atoms with Gasteiger partial charge in [-0.2, -0.15) is 0 Å². The number of nitro groups is 1. The Balaban J connectivity index is 3.24. The second kappa shape index (κ2) is 4.06. The van der Waals surface area contributed by atoms with Gasteiger partial charge in [-0.15, -0.1) is 0 Å². The third kappa shape index (κ3) is 2.00. The summed E-state index contributed by atoms with van der Waals surface area (Å²) in [6.07, 6.45) is 0. The van der Waals surface area contributed by atoms with Crippen LogP contribution in [0.3, 0.4) is 0 Å². The average Bonchev–Trinajstić information content (AvgIpc) is 2.16. The van der Waals surface area contributed by atoms with Crippen LogP contribution in [0.4, 0.5) is 5.69 Å². The van der Waals surface area contributed by atoms with Crippen molar-refractivity contribution in [2.24, 2.45) is 5.73 Å². The van der Waals surface area contributed by atoms with Crippen molar-refractivity contribution in [3.63, 3.8) is 0 Å². The molecular weight excluding hydrogens is 184 g/mol. The normalized spacial score (nSPS) is 12.2. The highest BCUT2D eigenvalue weighted by atomic mass is 16.6. The second-order valence-corrected chi connectivity index (χ2v) is 2.97. The summed E-state index contributed by atoms with van der Waals surface area (Å²) in [5, 5.41) is 10.6. The van der Waals surface area contributed by atoms with Crippen LogP contribution >= 0.6 is 0 Å². The number of hydrogen-bond acceptors (Lipinski definition) is 4. The number of hydrogen-bond donors (Lipinski definition) is 1. The Bertz CT molecular complexity index is 350. The van der Waals surface area contributed by atoms with E-state index in [1.165, 1.54) is 13.2 Å². The molecule has 2 N–H and O–H groups in total. The molecule has 0 aliphatic rings. The molecule has 76 valence electrons. The molecule has 1 aromatic carbocycles. The number of benzene rings is 1. The fourth-order valence-corrected chi connectivity index (χ4v) is 1.19. The summed E-state index contributed by atoms with van der Waals surface area (Å²) < 4.78 is 4.96. The zero-order valence-corrected chi connectivity index (χ0v) is 8.06. The monoisotopic (exact) mass is 196 g/mol. The lowest BCUT2D eigenvalue weighted by Gasteiger charge is -2.08. The zero-order valence-electron chi connectivity index (χ0n) is 8.06. The highest BCUT2D eigenvalue weighted by Crippen LogP contribution is 2.27. The SMILES string of the molecule is COc1ccc([N+](=O)[O-])c([C@@H](C)N)c1. The van der Waals surface area contributed by atoms with Gasteiger partial charge in [-0.25, -0.2) is 0 Å². The summed E-state index contributed by atoms with van der Waals surface area (Å²) in [6, 6.07) is 4.15. The molecule has 0 spiro atoms. The first-order valence-corrected chi connectivity index (χ1v) is 4.14. The van der Waals surface area contributed by atoms with Gasteiger partial charge in [0.25, 0.3) is 5.69 Å². The van der Waals surface area contributed by atoms with Crippen molar-refractivity contribution in [3.8, 4) is 5.75 Å². The molecule has 14 heavy (non-hydrogen) atoms. The topological polar surface area (TPSA) is 78.4 Å². The Morgan fingerprint density at radius 3 is 2.64 bits per heavy atom. The second-order valence-electron chi connectivity index (χ2n) is 2.97. The van der Waals surface area contributed by atoms with E-state index in [9.17, 15) is 10.1 Å². The highest BCUT2D eigenvalue weighted by Gasteiger charge is 2.17. The number of nitro benzene ring substituents is 1. The van der Waals surface area contributed by atoms with Crippen LogP contribution in [0.25, 0.3) is 0 Å². The number of methoxy groups -OCH3 is 1. The molecule has 1 aromatic rings. The van der Waals surface area contributed by atoms with Gasteiger partial charge in [-0.3, -0.25) is 10.1 Å². The fourth-order valence-electron chi connectivity index (χ4n) is 1.19. The lowest BCUT2D eigenvalue weighted by Crippen LogP contribution is -2.08. The summed E-state index contributed by atoms with van der Waals surface area (Å²) in [7, 11) is 1.51. The number of ether oxygens (including phenoxy) is 1. The molecule has 5 heteroatoms. The molecule has 0 aromatic heterocycles. The predicted octanol–water partition coefficient (Wildman–Crippen LogP) is 1.62. The van der Waals surface area contributed by atoms with E-state index in [1.807, 2.05) is 0 Å². The molecule has 0 aliphatic carbocycles. The van der Waals surface area contributed by atoms with Crippen LogP contribution in [0.5, 0.6) is 5.75 Å². The van der Waals surface area contributed by atoms with Crippen molar-refractivity contribution in [2.45, 2.75) is 13.0 Å². The minimum atomic E-state index is -0.446. The third-order valence-corrected chi connectivity index (χ3v) is 1.92. The fraction of sp³-hybridized carbons (Fsp3) is 0.333. The van der Waals surface area contributed by atoms with Crippen LogP contribution < -0.4 is 10.5 Å². The van der Waals surface area contributed by atoms with Crippen LogP contribution in [0.1, 0.15) is 18.5 Å². The summed E-state index contributed by atoms with van der Waals surface area (Å²) in [4.78, 5) is 10.2. The first kappa shape index (κ1) is 10.5. The van der Waals surface area contributed by atoms with E-state index in [-0.39, 0.29) is 11.7 Å². The molecule has 0 saturated heterocycles. The molecule has 0 aliphatic heterocycles. The molecular formula is C9H12N2O3. The molecule has 5 nitrogen and oxygen atoms in total. The van der Waals surface area contributed by atoms with Gasteiger partial charge in [0.1, 0.15) is 5.75 Å². The van der Waals surface area contributed by atoms with E-state index < -0.39 is 4.92 Å². The van der Waals surface area contributed by atoms with Crippen molar-refractivity contribution < 1.29 is 9.66 Å². The minimum absolute atomic E-state index is 0.0285. The van der Waals surface area contributed by atoms with Crippen molar-refractivity contribution in [1.29, 1.82) is 0 Å². The maximum atomic E-state index is 10.6. The van der Waals surface area contributed by atoms with Gasteiger partial charge in [0.15, 0.2) is 0 Å². The summed E-state index contributed by atoms with van der Waals surface area (Å²) in [5.74, 6) is 0.572. The zero-order chi connectivity index (χ0) is 10.7. The van der Waals surface area contributed by atoms with E-state index in [0.717, 1.165) is 0 Å². The van der Waals surface area contributed by atoms with Gasteiger partial charge >= 0.3 is 0 Å². The maximum Gasteiger partial charge on any atom is 0.274 e. The van der Waals surface area contributed by atoms with Crippen molar-refractivity contribution >= 4 is 5.69 Å². The van der Waals surface area contributed by atoms with Gasteiger partial charge in [0, 0.05) is 17.7 Å². The first-order chi connectivity index (χ1) is 6.56. The van der Waals surface area contributed by atoms with Crippen LogP contribution in [0.15, 0.2) is 18.2 Å². The number of rotatable bonds is 3. The summed E-state index contributed by atoms with van der Waals surface area (Å²) >= 11 is 0. The Hall–Kier alpha value is -1.62. The Labute approximate surface area is 81.6 Å². The van der Waals surface area contributed by atoms with E-state index in [4.69, 9.17) is 10.5 Å². The first-order valence-electron chi connectivity index (χ1n) is 4.14. The lowest BCUT2D eigenvalue weighted by molar-refractivity contribution is -0.385. The number of nitrogens with zero attached hydrogens (tertiary/aromatic N) is 1. The van der Waals surface area contributed by atoms with Gasteiger partial charge in [-0.05, 0) is 19.1 Å². The average molecular weight is 196 g/mol. The molecule has 0 heterocycles. The lowest BCUT2D eigenvalue weighted by atomic mass is 10.1. The van der Waals surface area contributed by atoms with E-state index in [2.05, 4.69) is 0 Å². The molecule has 1 rings (SSSR count). The quantitative estimate of drug-likeness (QED) is 0.588. The molecule has 0 unspecified atom stereocenters. The minimum Gasteiger partial charge on any atom is -0.497 e. The van der Waals surface area contributed by atoms with Gasteiger partial charge < -0.3 is 10.5 Å². The van der Waals surface area contributed by atoms with Crippen LogP contribution in [-0.4, -0.2) is 12.0 Å². The van der Waals surface area contributed by atoms with E-state index >= 15 is 0 Å². The third-order valence-electron chi connectivity index (χ3n) is 1.92. The van der Waals surface area contributed by atoms with Crippen LogP contribution in [-0.2, 0) is 0 Å². The highest BCUT2D eigenvalue weighted by molar-refractivity contribution is 5.46. The summed E-state index contributed by atoms with van der Waals surface area (Å²) in [5.41, 5.74) is 6.13.